The molecule has 0 saturated carbocycles. The molecule has 1 N–H and O–H groups in total. The molecular weight excluding hydrogens is 186 g/mol. The third kappa shape index (κ3) is 1.71. The Labute approximate surface area is 80.3 Å². The highest BCUT2D eigenvalue weighted by molar-refractivity contribution is 5.94. The molecule has 0 saturated heterocycles. The van der Waals surface area contributed by atoms with Crippen molar-refractivity contribution in [2.75, 3.05) is 7.11 Å². The fourth-order valence-corrected chi connectivity index (χ4v) is 1.17. The van der Waals surface area contributed by atoms with Crippen LogP contribution in [0.3, 0.4) is 0 Å². The topological polar surface area (TPSA) is 76.0 Å². The summed E-state index contributed by atoms with van der Waals surface area (Å²) in [6.45, 7) is 1.58. The van der Waals surface area contributed by atoms with E-state index in [2.05, 4.69) is 9.91 Å². The molecule has 74 valence electrons. The monoisotopic (exact) mass is 195 g/mol. The number of benzene rings is 1. The number of nitroso groups, excluding NO2 is 1. The third-order valence-electron chi connectivity index (χ3n) is 1.79. The largest absolute Gasteiger partial charge is 0.507 e. The molecule has 0 amide bonds. The Morgan fingerprint density at radius 1 is 1.50 bits per heavy atom. The molecular formula is C9H9NO4. The molecule has 1 rings (SSSR count). The van der Waals surface area contributed by atoms with Gasteiger partial charge >= 0.3 is 5.97 Å². The van der Waals surface area contributed by atoms with Crippen molar-refractivity contribution in [3.63, 3.8) is 0 Å². The van der Waals surface area contributed by atoms with Crippen molar-refractivity contribution >= 4 is 11.7 Å². The SMILES string of the molecule is COC(=O)c1c(C)cc(N=O)cc1O. The number of carbonyl (C=O) groups is 1. The Morgan fingerprint density at radius 2 is 2.14 bits per heavy atom. The minimum atomic E-state index is -0.641. The van der Waals surface area contributed by atoms with Crippen LogP contribution in [-0.4, -0.2) is 18.2 Å². The number of carbonyl (C=O) groups excluding carboxylic acids is 1. The van der Waals surface area contributed by atoms with Crippen LogP contribution in [-0.2, 0) is 4.74 Å². The van der Waals surface area contributed by atoms with E-state index in [0.29, 0.717) is 5.56 Å². The first-order valence-corrected chi connectivity index (χ1v) is 3.85. The molecule has 0 atom stereocenters. The number of phenolic OH excluding ortho intramolecular Hbond substituents is 1. The highest BCUT2D eigenvalue weighted by Gasteiger charge is 2.15. The Bertz CT molecular complexity index is 363. The minimum Gasteiger partial charge on any atom is -0.507 e. The molecule has 14 heavy (non-hydrogen) atoms. The second-order valence-corrected chi connectivity index (χ2v) is 2.74. The Hall–Kier alpha value is -1.91. The van der Waals surface area contributed by atoms with Crippen molar-refractivity contribution < 1.29 is 14.6 Å². The van der Waals surface area contributed by atoms with Gasteiger partial charge in [0.25, 0.3) is 0 Å². The zero-order chi connectivity index (χ0) is 10.7. The normalized spacial score (nSPS) is 9.57. The molecule has 5 heteroatoms. The number of nitrogens with zero attached hydrogens (tertiary/aromatic N) is 1. The first-order chi connectivity index (χ1) is 6.60. The maximum Gasteiger partial charge on any atom is 0.341 e. The molecule has 0 aromatic heterocycles. The number of ether oxygens (including phenoxy) is 1. The number of hydrogen-bond acceptors (Lipinski definition) is 5. The summed E-state index contributed by atoms with van der Waals surface area (Å²) in [5.74, 6) is -0.941. The lowest BCUT2D eigenvalue weighted by Crippen LogP contribution is -2.03. The van der Waals surface area contributed by atoms with Gasteiger partial charge in [0.05, 0.1) is 7.11 Å². The number of hydrogen-bond donors (Lipinski definition) is 1. The van der Waals surface area contributed by atoms with Crippen molar-refractivity contribution in [2.45, 2.75) is 6.92 Å². The van der Waals surface area contributed by atoms with Gasteiger partial charge in [-0.25, -0.2) is 4.79 Å². The summed E-state index contributed by atoms with van der Waals surface area (Å²) in [5.41, 5.74) is 0.582. The third-order valence-corrected chi connectivity index (χ3v) is 1.79. The van der Waals surface area contributed by atoms with Crippen molar-refractivity contribution in [3.8, 4) is 5.75 Å². The summed E-state index contributed by atoms with van der Waals surface area (Å²) in [4.78, 5) is 21.3. The lowest BCUT2D eigenvalue weighted by molar-refractivity contribution is 0.0596. The number of phenols is 1. The summed E-state index contributed by atoms with van der Waals surface area (Å²) < 4.78 is 4.46. The number of aromatic hydroxyl groups is 1. The van der Waals surface area contributed by atoms with Crippen molar-refractivity contribution in [3.05, 3.63) is 28.2 Å². The van der Waals surface area contributed by atoms with Gasteiger partial charge in [-0.3, -0.25) is 0 Å². The zero-order valence-corrected chi connectivity index (χ0v) is 7.77. The van der Waals surface area contributed by atoms with E-state index in [4.69, 9.17) is 0 Å². The zero-order valence-electron chi connectivity index (χ0n) is 7.77. The van der Waals surface area contributed by atoms with Gasteiger partial charge in [0, 0.05) is 6.07 Å². The van der Waals surface area contributed by atoms with Gasteiger partial charge in [0.1, 0.15) is 17.0 Å². The van der Waals surface area contributed by atoms with Gasteiger partial charge in [0.15, 0.2) is 0 Å². The first-order valence-electron chi connectivity index (χ1n) is 3.85. The summed E-state index contributed by atoms with van der Waals surface area (Å²) in [5, 5.41) is 12.1. The second-order valence-electron chi connectivity index (χ2n) is 2.74. The molecule has 0 aliphatic carbocycles. The van der Waals surface area contributed by atoms with E-state index >= 15 is 0 Å². The molecule has 0 fully saturated rings. The van der Waals surface area contributed by atoms with Crippen molar-refractivity contribution in [1.82, 2.24) is 0 Å². The fraction of sp³-hybridized carbons (Fsp3) is 0.222. The predicted molar refractivity (Wildman–Crippen MR) is 49.6 cm³/mol. The highest BCUT2D eigenvalue weighted by Crippen LogP contribution is 2.27. The molecule has 1 aromatic rings. The van der Waals surface area contributed by atoms with Gasteiger partial charge in [0.2, 0.25) is 0 Å². The van der Waals surface area contributed by atoms with Crippen LogP contribution in [0.4, 0.5) is 5.69 Å². The molecule has 0 radical (unpaired) electrons. The smallest absolute Gasteiger partial charge is 0.341 e. The van der Waals surface area contributed by atoms with Crippen molar-refractivity contribution in [2.24, 2.45) is 5.18 Å². The van der Waals surface area contributed by atoms with E-state index < -0.39 is 5.97 Å². The summed E-state index contributed by atoms with van der Waals surface area (Å²) in [6.07, 6.45) is 0. The van der Waals surface area contributed by atoms with Crippen LogP contribution >= 0.6 is 0 Å². The lowest BCUT2D eigenvalue weighted by atomic mass is 10.1. The van der Waals surface area contributed by atoms with Crippen LogP contribution in [0.1, 0.15) is 15.9 Å². The molecule has 5 nitrogen and oxygen atoms in total. The predicted octanol–water partition coefficient (Wildman–Crippen LogP) is 1.89. The van der Waals surface area contributed by atoms with Gasteiger partial charge in [-0.2, -0.15) is 0 Å². The van der Waals surface area contributed by atoms with E-state index in [-0.39, 0.29) is 17.0 Å². The van der Waals surface area contributed by atoms with Crippen LogP contribution in [0.25, 0.3) is 0 Å². The summed E-state index contributed by atoms with van der Waals surface area (Å²) in [6, 6.07) is 2.52. The second kappa shape index (κ2) is 3.87. The van der Waals surface area contributed by atoms with E-state index in [1.54, 1.807) is 6.92 Å². The molecule has 0 aliphatic heterocycles. The van der Waals surface area contributed by atoms with Crippen molar-refractivity contribution in [1.29, 1.82) is 0 Å². The van der Waals surface area contributed by atoms with Crippen LogP contribution in [0.2, 0.25) is 0 Å². The Balaban J connectivity index is 3.31. The molecule has 0 heterocycles. The number of aryl methyl sites for hydroxylation is 1. The highest BCUT2D eigenvalue weighted by atomic mass is 16.5. The Morgan fingerprint density at radius 3 is 2.57 bits per heavy atom. The van der Waals surface area contributed by atoms with Gasteiger partial charge < -0.3 is 9.84 Å². The molecule has 1 aromatic carbocycles. The first kappa shape index (κ1) is 10.2. The molecule has 0 spiro atoms. The van der Waals surface area contributed by atoms with Crippen LogP contribution in [0, 0.1) is 11.8 Å². The van der Waals surface area contributed by atoms with E-state index in [0.717, 1.165) is 6.07 Å². The minimum absolute atomic E-state index is 0.0555. The van der Waals surface area contributed by atoms with Gasteiger partial charge in [-0.05, 0) is 23.7 Å². The van der Waals surface area contributed by atoms with Gasteiger partial charge in [-0.15, -0.1) is 4.91 Å². The van der Waals surface area contributed by atoms with Crippen LogP contribution in [0.5, 0.6) is 5.75 Å². The molecule has 0 unspecified atom stereocenters. The van der Waals surface area contributed by atoms with Crippen LogP contribution < -0.4 is 0 Å². The van der Waals surface area contributed by atoms with Crippen LogP contribution in [0.15, 0.2) is 17.3 Å². The van der Waals surface area contributed by atoms with E-state index in [1.165, 1.54) is 13.2 Å². The van der Waals surface area contributed by atoms with E-state index in [9.17, 15) is 14.8 Å². The quantitative estimate of drug-likeness (QED) is 0.577. The lowest BCUT2D eigenvalue weighted by Gasteiger charge is -2.06. The average molecular weight is 195 g/mol. The van der Waals surface area contributed by atoms with Gasteiger partial charge in [-0.1, -0.05) is 0 Å². The van der Waals surface area contributed by atoms with E-state index in [1.807, 2.05) is 0 Å². The summed E-state index contributed by atoms with van der Waals surface area (Å²) >= 11 is 0. The average Bonchev–Trinajstić information content (AvgIpc) is 2.16. The number of esters is 1. The Kier molecular flexibility index (Phi) is 2.81. The number of rotatable bonds is 2. The maximum absolute atomic E-state index is 11.2. The maximum atomic E-state index is 11.2. The number of methoxy groups -OCH3 is 1. The fourth-order valence-electron chi connectivity index (χ4n) is 1.17. The molecule has 0 aliphatic rings. The summed E-state index contributed by atoms with van der Waals surface area (Å²) in [7, 11) is 1.22. The molecule has 0 bridgehead atoms. The standard InChI is InChI=1S/C9H9NO4/c1-5-3-6(10-13)4-7(11)8(5)9(12)14-2/h3-4,11H,1-2H3.